The first-order valence-electron chi connectivity index (χ1n) is 17.7. The molecule has 0 bridgehead atoms. The van der Waals surface area contributed by atoms with Gasteiger partial charge in [0.1, 0.15) is 5.69 Å². The van der Waals surface area contributed by atoms with Crippen molar-refractivity contribution in [2.75, 3.05) is 49.3 Å². The zero-order chi connectivity index (χ0) is 37.8. The number of amides is 2. The number of sulfonamides is 1. The van der Waals surface area contributed by atoms with Gasteiger partial charge in [0, 0.05) is 42.2 Å². The highest BCUT2D eigenvalue weighted by Gasteiger charge is 2.29. The molecule has 6 aromatic rings. The monoisotopic (exact) mass is 779 g/mol. The minimum atomic E-state index is -4.21. The summed E-state index contributed by atoms with van der Waals surface area (Å²) in [5.41, 5.74) is 5.95. The van der Waals surface area contributed by atoms with Gasteiger partial charge in [-0.05, 0) is 99.1 Å². The number of aryl methyl sites for hydroxylation is 1. The first kappa shape index (κ1) is 37.2. The lowest BCUT2D eigenvalue weighted by Crippen LogP contribution is -2.33. The largest absolute Gasteiger partial charge is 0.385 e. The third kappa shape index (κ3) is 8.47. The third-order valence-corrected chi connectivity index (χ3v) is 12.6. The van der Waals surface area contributed by atoms with Crippen LogP contribution in [0.5, 0.6) is 0 Å². The van der Waals surface area contributed by atoms with Crippen LogP contribution in [0.2, 0.25) is 0 Å². The molecule has 0 aliphatic carbocycles. The predicted octanol–water partition coefficient (Wildman–Crippen LogP) is 6.95. The fraction of sp³-hybridized carbons (Fsp3) is 0.250. The van der Waals surface area contributed by atoms with Gasteiger partial charge in [0.25, 0.3) is 21.8 Å². The van der Waals surface area contributed by atoms with Gasteiger partial charge in [-0.3, -0.25) is 14.9 Å². The Kier molecular flexibility index (Phi) is 11.1. The zero-order valence-corrected chi connectivity index (χ0v) is 32.7. The Morgan fingerprint density at radius 2 is 1.70 bits per heavy atom. The number of aromatic nitrogens is 2. The number of anilines is 3. The van der Waals surface area contributed by atoms with Crippen LogP contribution in [0.15, 0.2) is 95.9 Å². The Balaban J connectivity index is 1.12. The van der Waals surface area contributed by atoms with Crippen molar-refractivity contribution in [1.82, 2.24) is 19.6 Å². The molecule has 278 valence electrons. The van der Waals surface area contributed by atoms with E-state index in [1.165, 1.54) is 28.7 Å². The van der Waals surface area contributed by atoms with Gasteiger partial charge >= 0.3 is 0 Å². The SMILES string of the molecule is Cc1cc(S(=O)(=O)NC(=O)c2nc(N3CCc4cccc(C(=O)Nc5nc6ccccc6s5)c4C3)sc2Cc2ccccc2)ccc1NCCCN(C)C. The van der Waals surface area contributed by atoms with Crippen LogP contribution in [0, 0.1) is 6.92 Å². The zero-order valence-electron chi connectivity index (χ0n) is 30.3. The molecule has 0 spiro atoms. The minimum Gasteiger partial charge on any atom is -0.385 e. The molecule has 3 N–H and O–H groups in total. The van der Waals surface area contributed by atoms with Gasteiger partial charge in [-0.2, -0.15) is 0 Å². The number of benzene rings is 4. The summed E-state index contributed by atoms with van der Waals surface area (Å²) in [5.74, 6) is -1.04. The van der Waals surface area contributed by atoms with E-state index in [0.717, 1.165) is 57.7 Å². The lowest BCUT2D eigenvalue weighted by Gasteiger charge is -2.29. The highest BCUT2D eigenvalue weighted by atomic mass is 32.2. The van der Waals surface area contributed by atoms with Crippen LogP contribution >= 0.6 is 22.7 Å². The van der Waals surface area contributed by atoms with Gasteiger partial charge in [0.05, 0.1) is 15.1 Å². The summed E-state index contributed by atoms with van der Waals surface area (Å²) in [6.07, 6.45) is 2.00. The summed E-state index contributed by atoms with van der Waals surface area (Å²) in [7, 11) is -0.167. The van der Waals surface area contributed by atoms with E-state index in [4.69, 9.17) is 4.98 Å². The summed E-state index contributed by atoms with van der Waals surface area (Å²) in [6, 6.07) is 28.0. The molecule has 4 aromatic carbocycles. The molecule has 2 aromatic heterocycles. The van der Waals surface area contributed by atoms with Crippen LogP contribution in [0.25, 0.3) is 10.2 Å². The summed E-state index contributed by atoms with van der Waals surface area (Å²) < 4.78 is 30.4. The summed E-state index contributed by atoms with van der Waals surface area (Å²) in [6.45, 7) is 4.53. The van der Waals surface area contributed by atoms with E-state index in [-0.39, 0.29) is 16.5 Å². The van der Waals surface area contributed by atoms with E-state index >= 15 is 0 Å². The van der Waals surface area contributed by atoms with Crippen LogP contribution in [-0.2, 0) is 29.4 Å². The number of nitrogens with one attached hydrogen (secondary N) is 3. The molecule has 0 saturated heterocycles. The van der Waals surface area contributed by atoms with Crippen molar-refractivity contribution in [2.45, 2.75) is 37.6 Å². The summed E-state index contributed by atoms with van der Waals surface area (Å²) in [4.78, 5) is 41.6. The summed E-state index contributed by atoms with van der Waals surface area (Å²) >= 11 is 2.78. The number of hydrogen-bond acceptors (Lipinski definition) is 11. The number of para-hydroxylation sites is 1. The molecule has 54 heavy (non-hydrogen) atoms. The van der Waals surface area contributed by atoms with E-state index in [2.05, 4.69) is 30.1 Å². The molecule has 7 rings (SSSR count). The van der Waals surface area contributed by atoms with Crippen molar-refractivity contribution in [2.24, 2.45) is 0 Å². The number of hydrogen-bond donors (Lipinski definition) is 3. The van der Waals surface area contributed by atoms with Crippen molar-refractivity contribution in [3.8, 4) is 0 Å². The van der Waals surface area contributed by atoms with Gasteiger partial charge < -0.3 is 15.1 Å². The van der Waals surface area contributed by atoms with Crippen molar-refractivity contribution >= 4 is 70.7 Å². The van der Waals surface area contributed by atoms with Gasteiger partial charge in [0.15, 0.2) is 10.3 Å². The fourth-order valence-electron chi connectivity index (χ4n) is 6.45. The Hall–Kier alpha value is -5.15. The molecule has 0 radical (unpaired) electrons. The van der Waals surface area contributed by atoms with E-state index in [9.17, 15) is 18.0 Å². The molecule has 0 unspecified atom stereocenters. The lowest BCUT2D eigenvalue weighted by atomic mass is 9.94. The van der Waals surface area contributed by atoms with E-state index < -0.39 is 15.9 Å². The van der Waals surface area contributed by atoms with Crippen LogP contribution in [-0.4, -0.2) is 68.8 Å². The van der Waals surface area contributed by atoms with E-state index in [1.807, 2.05) is 93.8 Å². The molecule has 0 saturated carbocycles. The van der Waals surface area contributed by atoms with Gasteiger partial charge in [-0.25, -0.2) is 23.1 Å². The van der Waals surface area contributed by atoms with Crippen molar-refractivity contribution in [3.05, 3.63) is 129 Å². The number of thiazole rings is 2. The van der Waals surface area contributed by atoms with E-state index in [1.54, 1.807) is 12.1 Å². The number of carbonyl (C=O) groups excluding carboxylic acids is 2. The first-order chi connectivity index (χ1) is 26.0. The molecule has 1 aliphatic rings. The normalized spacial score (nSPS) is 12.9. The molecule has 14 heteroatoms. The molecule has 11 nitrogen and oxygen atoms in total. The minimum absolute atomic E-state index is 0.00320. The summed E-state index contributed by atoms with van der Waals surface area (Å²) in [5, 5.41) is 7.46. The second-order valence-electron chi connectivity index (χ2n) is 13.5. The molecular weight excluding hydrogens is 739 g/mol. The number of nitrogens with zero attached hydrogens (tertiary/aromatic N) is 4. The standard InChI is InChI=1S/C40H41N7O4S3/c1-26-23-29(17-18-32(26)41-20-10-21-46(2)3)54(50,51)45-38(49)36-35(24-27-11-5-4-6-12-27)53-40(43-36)47-22-19-28-13-9-14-30(31(28)25-47)37(48)44-39-42-33-15-7-8-16-34(33)52-39/h4-9,11-18,23,41H,10,19-22,24-25H2,1-3H3,(H,45,49)(H,42,44,48). The maximum Gasteiger partial charge on any atom is 0.284 e. The predicted molar refractivity (Wildman–Crippen MR) is 218 cm³/mol. The van der Waals surface area contributed by atoms with Gasteiger partial charge in [-0.15, -0.1) is 11.3 Å². The second kappa shape index (κ2) is 16.1. The fourth-order valence-corrected chi connectivity index (χ4v) is 9.46. The second-order valence-corrected chi connectivity index (χ2v) is 17.3. The Morgan fingerprint density at radius 1 is 0.907 bits per heavy atom. The molecular formula is C40H41N7O4S3. The number of rotatable bonds is 13. The molecule has 3 heterocycles. The van der Waals surface area contributed by atoms with Crippen LogP contribution in [0.4, 0.5) is 16.0 Å². The number of fused-ring (bicyclic) bond motifs is 2. The molecule has 0 fully saturated rings. The van der Waals surface area contributed by atoms with Gasteiger partial charge in [0.2, 0.25) is 0 Å². The Bertz CT molecular complexity index is 2390. The highest BCUT2D eigenvalue weighted by Crippen LogP contribution is 2.34. The topological polar surface area (TPSA) is 137 Å². The average Bonchev–Trinajstić information content (AvgIpc) is 3.77. The van der Waals surface area contributed by atoms with Crippen LogP contribution in [0.3, 0.4) is 0 Å². The quantitative estimate of drug-likeness (QED) is 0.106. The third-order valence-electron chi connectivity index (χ3n) is 9.24. The molecule has 2 amide bonds. The first-order valence-corrected chi connectivity index (χ1v) is 20.8. The Morgan fingerprint density at radius 3 is 2.48 bits per heavy atom. The van der Waals surface area contributed by atoms with Crippen LogP contribution < -0.4 is 20.3 Å². The van der Waals surface area contributed by atoms with Crippen molar-refractivity contribution < 1.29 is 18.0 Å². The smallest absolute Gasteiger partial charge is 0.284 e. The maximum absolute atomic E-state index is 13.9. The highest BCUT2D eigenvalue weighted by molar-refractivity contribution is 7.90. The Labute approximate surface area is 323 Å². The van der Waals surface area contributed by atoms with Gasteiger partial charge in [-0.1, -0.05) is 65.9 Å². The lowest BCUT2D eigenvalue weighted by molar-refractivity contribution is 0.0975. The van der Waals surface area contributed by atoms with E-state index in [0.29, 0.717) is 46.6 Å². The average molecular weight is 780 g/mol. The van der Waals surface area contributed by atoms with Crippen molar-refractivity contribution in [3.63, 3.8) is 0 Å². The molecule has 0 atom stereocenters. The van der Waals surface area contributed by atoms with Crippen LogP contribution in [0.1, 0.15) is 54.4 Å². The van der Waals surface area contributed by atoms with Crippen molar-refractivity contribution in [1.29, 1.82) is 0 Å². The molecule has 1 aliphatic heterocycles. The number of carbonyl (C=O) groups is 2. The maximum atomic E-state index is 13.9.